The number of unbranched alkanes of at least 4 members (excludes halogenated alkanes) is 54. The van der Waals surface area contributed by atoms with Gasteiger partial charge in [0.15, 0.2) is 12.2 Å². The highest BCUT2D eigenvalue weighted by molar-refractivity contribution is 7.47. The normalized spacial score (nSPS) is 14.1. The molecule has 102 heavy (non-hydrogen) atoms. The summed E-state index contributed by atoms with van der Waals surface area (Å²) in [6, 6.07) is 0. The number of rotatable bonds is 83. The first-order chi connectivity index (χ1) is 49.6. The minimum atomic E-state index is -4.96. The van der Waals surface area contributed by atoms with Crippen molar-refractivity contribution in [2.75, 3.05) is 39.6 Å². The van der Waals surface area contributed by atoms with Crippen molar-refractivity contribution in [3.05, 3.63) is 0 Å². The van der Waals surface area contributed by atoms with Crippen molar-refractivity contribution in [1.29, 1.82) is 0 Å². The highest BCUT2D eigenvalue weighted by Crippen LogP contribution is 2.45. The van der Waals surface area contributed by atoms with Crippen molar-refractivity contribution >= 4 is 39.5 Å². The lowest BCUT2D eigenvalue weighted by Gasteiger charge is -2.21. The van der Waals surface area contributed by atoms with Gasteiger partial charge < -0.3 is 33.8 Å². The van der Waals surface area contributed by atoms with Crippen LogP contribution in [-0.2, 0) is 65.4 Å². The van der Waals surface area contributed by atoms with E-state index in [1.54, 1.807) is 0 Å². The van der Waals surface area contributed by atoms with E-state index in [2.05, 4.69) is 34.6 Å². The summed E-state index contributed by atoms with van der Waals surface area (Å²) in [7, 11) is -9.92. The van der Waals surface area contributed by atoms with Crippen LogP contribution in [0.1, 0.15) is 446 Å². The van der Waals surface area contributed by atoms with Gasteiger partial charge in [0.2, 0.25) is 0 Å². The molecule has 0 fully saturated rings. The Hall–Kier alpha value is -1.94. The largest absolute Gasteiger partial charge is 0.472 e. The van der Waals surface area contributed by atoms with Crippen molar-refractivity contribution in [2.45, 2.75) is 464 Å². The van der Waals surface area contributed by atoms with E-state index in [0.29, 0.717) is 25.7 Å². The molecule has 0 bridgehead atoms. The molecule has 0 aromatic carbocycles. The molecular formula is C83H162O17P2. The number of hydrogen-bond donors (Lipinski definition) is 3. The van der Waals surface area contributed by atoms with Crippen LogP contribution < -0.4 is 0 Å². The van der Waals surface area contributed by atoms with Gasteiger partial charge in [-0.3, -0.25) is 37.3 Å². The van der Waals surface area contributed by atoms with Crippen LogP contribution in [0.3, 0.4) is 0 Å². The molecule has 0 saturated carbocycles. The average Bonchev–Trinajstić information content (AvgIpc) is 0.915. The Morgan fingerprint density at radius 1 is 0.275 bits per heavy atom. The van der Waals surface area contributed by atoms with Crippen LogP contribution in [0.25, 0.3) is 0 Å². The Balaban J connectivity index is 5.22. The summed E-state index contributed by atoms with van der Waals surface area (Å²) in [6.07, 6.45) is 68.0. The second kappa shape index (κ2) is 75.9. The first-order valence-electron chi connectivity index (χ1n) is 43.2. The molecule has 0 aromatic heterocycles. The minimum absolute atomic E-state index is 0.106. The SMILES string of the molecule is CCCCCCCCCCCCCCCCCCCCCCC(=O)O[C@H](COC(=O)CCCCCCCCCCCCCCCCCCCCC)COP(=O)(O)OC[C@@H](O)COP(=O)(O)OC[C@@H](COC(=O)CCCCCCCCCCCCC)OC(=O)CCCCCCCCCCC(C)CC. The van der Waals surface area contributed by atoms with Gasteiger partial charge in [-0.05, 0) is 31.6 Å². The van der Waals surface area contributed by atoms with Crippen LogP contribution in [0.4, 0.5) is 0 Å². The molecule has 606 valence electrons. The smallest absolute Gasteiger partial charge is 0.462 e. The van der Waals surface area contributed by atoms with Crippen LogP contribution >= 0.6 is 15.6 Å². The first-order valence-corrected chi connectivity index (χ1v) is 46.2. The lowest BCUT2D eigenvalue weighted by molar-refractivity contribution is -0.161. The van der Waals surface area contributed by atoms with E-state index in [4.69, 9.17) is 37.0 Å². The Bertz CT molecular complexity index is 1950. The zero-order chi connectivity index (χ0) is 74.8. The first kappa shape index (κ1) is 100. The molecular weight excluding hydrogens is 1330 g/mol. The van der Waals surface area contributed by atoms with Gasteiger partial charge in [-0.2, -0.15) is 0 Å². The summed E-state index contributed by atoms with van der Waals surface area (Å²) in [5, 5.41) is 10.7. The maximum atomic E-state index is 13.1. The summed E-state index contributed by atoms with van der Waals surface area (Å²) in [6.45, 7) is 7.33. The predicted octanol–water partition coefficient (Wildman–Crippen LogP) is 25.2. The van der Waals surface area contributed by atoms with E-state index in [-0.39, 0.29) is 25.7 Å². The average molecular weight is 1490 g/mol. The Morgan fingerprint density at radius 3 is 0.696 bits per heavy atom. The number of hydrogen-bond acceptors (Lipinski definition) is 15. The number of phosphoric ester groups is 2. The number of aliphatic hydroxyl groups is 1. The zero-order valence-corrected chi connectivity index (χ0v) is 68.5. The Morgan fingerprint density at radius 2 is 0.471 bits per heavy atom. The highest BCUT2D eigenvalue weighted by Gasteiger charge is 2.30. The third-order valence-corrected chi connectivity index (χ3v) is 21.8. The van der Waals surface area contributed by atoms with Gasteiger partial charge in [-0.1, -0.05) is 394 Å². The van der Waals surface area contributed by atoms with E-state index in [0.717, 1.165) is 95.8 Å². The second-order valence-electron chi connectivity index (χ2n) is 30.1. The molecule has 0 rings (SSSR count). The fraction of sp³-hybridized carbons (Fsp3) is 0.952. The topological polar surface area (TPSA) is 237 Å². The highest BCUT2D eigenvalue weighted by atomic mass is 31.2. The molecule has 0 saturated heterocycles. The number of carbonyl (C=O) groups is 4. The van der Waals surface area contributed by atoms with Gasteiger partial charge in [-0.15, -0.1) is 0 Å². The van der Waals surface area contributed by atoms with E-state index < -0.39 is 97.5 Å². The van der Waals surface area contributed by atoms with Crippen LogP contribution in [0.2, 0.25) is 0 Å². The van der Waals surface area contributed by atoms with E-state index in [9.17, 15) is 43.2 Å². The molecule has 0 aliphatic heterocycles. The third-order valence-electron chi connectivity index (χ3n) is 19.9. The van der Waals surface area contributed by atoms with Gasteiger partial charge in [0.25, 0.3) is 0 Å². The third kappa shape index (κ3) is 74.9. The lowest BCUT2D eigenvalue weighted by atomic mass is 9.99. The molecule has 0 spiro atoms. The van der Waals surface area contributed by atoms with Crippen molar-refractivity contribution in [1.82, 2.24) is 0 Å². The van der Waals surface area contributed by atoms with Crippen LogP contribution in [-0.4, -0.2) is 96.7 Å². The molecule has 3 N–H and O–H groups in total. The predicted molar refractivity (Wildman–Crippen MR) is 418 cm³/mol. The Kier molecular flexibility index (Phi) is 74.4. The summed E-state index contributed by atoms with van der Waals surface area (Å²) in [4.78, 5) is 73.1. The van der Waals surface area contributed by atoms with Crippen molar-refractivity contribution < 1.29 is 80.2 Å². The molecule has 6 atom stereocenters. The lowest BCUT2D eigenvalue weighted by Crippen LogP contribution is -2.30. The zero-order valence-electron chi connectivity index (χ0n) is 66.8. The summed E-state index contributed by atoms with van der Waals surface area (Å²) in [5.41, 5.74) is 0. The standard InChI is InChI=1S/C83H162O17P2/c1-6-10-13-16-19-22-25-27-29-31-33-35-37-39-41-44-47-53-58-63-68-82(87)99-78(72-94-81(86)67-62-57-52-46-43-40-38-36-34-32-30-28-26-23-20-17-14-11-7-2)74-97-101(89,90)95-70-77(84)71-96-102(91,92)98-75-79(73-93-80(85)66-61-56-51-45-42-24-21-18-15-12-8-3)100-83(88)69-64-59-54-49-48-50-55-60-65-76(5)9-4/h76-79,84H,6-75H2,1-5H3,(H,89,90)(H,91,92)/t76?,77-,78-,79-/m1/s1. The molecule has 3 unspecified atom stereocenters. The number of aliphatic hydroxyl groups excluding tert-OH is 1. The van der Waals surface area contributed by atoms with E-state index >= 15 is 0 Å². The van der Waals surface area contributed by atoms with Gasteiger partial charge in [0.05, 0.1) is 26.4 Å². The number of ether oxygens (including phenoxy) is 4. The maximum Gasteiger partial charge on any atom is 0.472 e. The molecule has 0 amide bonds. The number of esters is 4. The molecule has 0 aromatic rings. The quantitative estimate of drug-likeness (QED) is 0.0222. The fourth-order valence-corrected chi connectivity index (χ4v) is 14.5. The summed E-state index contributed by atoms with van der Waals surface area (Å²) < 4.78 is 68.8. The minimum Gasteiger partial charge on any atom is -0.462 e. The summed E-state index contributed by atoms with van der Waals surface area (Å²) >= 11 is 0. The van der Waals surface area contributed by atoms with Crippen LogP contribution in [0.5, 0.6) is 0 Å². The van der Waals surface area contributed by atoms with Gasteiger partial charge in [-0.25, -0.2) is 9.13 Å². The Labute approximate surface area is 626 Å². The molecule has 17 nitrogen and oxygen atoms in total. The van der Waals surface area contributed by atoms with E-state index in [1.807, 2.05) is 0 Å². The van der Waals surface area contributed by atoms with Crippen LogP contribution in [0.15, 0.2) is 0 Å². The van der Waals surface area contributed by atoms with Crippen molar-refractivity contribution in [3.63, 3.8) is 0 Å². The van der Waals surface area contributed by atoms with Gasteiger partial charge >= 0.3 is 39.5 Å². The fourth-order valence-electron chi connectivity index (χ4n) is 12.9. The van der Waals surface area contributed by atoms with Gasteiger partial charge in [0.1, 0.15) is 19.3 Å². The van der Waals surface area contributed by atoms with Gasteiger partial charge in [0, 0.05) is 25.7 Å². The molecule has 0 radical (unpaired) electrons. The second-order valence-corrected chi connectivity index (χ2v) is 33.0. The monoisotopic (exact) mass is 1490 g/mol. The van der Waals surface area contributed by atoms with Crippen LogP contribution in [0, 0.1) is 5.92 Å². The molecule has 0 aliphatic carbocycles. The maximum absolute atomic E-state index is 13.1. The number of carbonyl (C=O) groups excluding carboxylic acids is 4. The molecule has 19 heteroatoms. The summed E-state index contributed by atoms with van der Waals surface area (Å²) in [5.74, 6) is -1.34. The molecule has 0 aliphatic rings. The van der Waals surface area contributed by atoms with Crippen molar-refractivity contribution in [2.24, 2.45) is 5.92 Å². The van der Waals surface area contributed by atoms with E-state index in [1.165, 1.54) is 270 Å². The molecule has 0 heterocycles. The van der Waals surface area contributed by atoms with Crippen molar-refractivity contribution in [3.8, 4) is 0 Å². The number of phosphoric acid groups is 2.